The SMILES string of the molecule is CC1CCN(c2ccc(-c3ccc(NC(=O)c4ccc(N(C)C)cc4)cc3)nn2)CC1. The third kappa shape index (κ3) is 5.02. The molecule has 0 spiro atoms. The number of rotatable bonds is 5. The van der Waals surface area contributed by atoms with Crippen molar-refractivity contribution < 1.29 is 4.79 Å². The minimum absolute atomic E-state index is 0.127. The maximum absolute atomic E-state index is 12.5. The number of benzene rings is 2. The van der Waals surface area contributed by atoms with Gasteiger partial charge in [0.15, 0.2) is 5.82 Å². The topological polar surface area (TPSA) is 61.4 Å². The van der Waals surface area contributed by atoms with Crippen molar-refractivity contribution in [2.45, 2.75) is 19.8 Å². The number of aromatic nitrogens is 2. The van der Waals surface area contributed by atoms with Crippen molar-refractivity contribution in [2.75, 3.05) is 42.3 Å². The summed E-state index contributed by atoms with van der Waals surface area (Å²) < 4.78 is 0. The van der Waals surface area contributed by atoms with Gasteiger partial charge in [0.05, 0.1) is 5.69 Å². The Balaban J connectivity index is 1.39. The van der Waals surface area contributed by atoms with Crippen LogP contribution < -0.4 is 15.1 Å². The molecule has 1 N–H and O–H groups in total. The molecule has 1 aliphatic heterocycles. The van der Waals surface area contributed by atoms with Crippen molar-refractivity contribution in [3.63, 3.8) is 0 Å². The zero-order chi connectivity index (χ0) is 21.8. The molecule has 3 aromatic rings. The lowest BCUT2D eigenvalue weighted by molar-refractivity contribution is 0.102. The van der Waals surface area contributed by atoms with Crippen LogP contribution in [0.4, 0.5) is 17.2 Å². The first-order chi connectivity index (χ1) is 15.0. The number of carbonyl (C=O) groups excluding carboxylic acids is 1. The zero-order valence-corrected chi connectivity index (χ0v) is 18.4. The lowest BCUT2D eigenvalue weighted by Gasteiger charge is -2.30. The lowest BCUT2D eigenvalue weighted by Crippen LogP contribution is -2.33. The fraction of sp³-hybridized carbons (Fsp3) is 0.320. The molecule has 4 rings (SSSR count). The molecule has 2 aromatic carbocycles. The van der Waals surface area contributed by atoms with Gasteiger partial charge in [-0.25, -0.2) is 0 Å². The van der Waals surface area contributed by atoms with Crippen LogP contribution in [-0.4, -0.2) is 43.3 Å². The van der Waals surface area contributed by atoms with Crippen molar-refractivity contribution >= 4 is 23.1 Å². The summed E-state index contributed by atoms with van der Waals surface area (Å²) in [4.78, 5) is 16.8. The van der Waals surface area contributed by atoms with Crippen LogP contribution in [0, 0.1) is 5.92 Å². The van der Waals surface area contributed by atoms with Crippen LogP contribution in [0.2, 0.25) is 0 Å². The van der Waals surface area contributed by atoms with Crippen molar-refractivity contribution in [3.05, 3.63) is 66.2 Å². The number of carbonyl (C=O) groups is 1. The van der Waals surface area contributed by atoms with Crippen molar-refractivity contribution in [1.29, 1.82) is 0 Å². The number of hydrogen-bond acceptors (Lipinski definition) is 5. The molecule has 6 nitrogen and oxygen atoms in total. The fourth-order valence-electron chi connectivity index (χ4n) is 3.72. The van der Waals surface area contributed by atoms with Crippen LogP contribution in [0.25, 0.3) is 11.3 Å². The molecule has 1 amide bonds. The van der Waals surface area contributed by atoms with E-state index < -0.39 is 0 Å². The van der Waals surface area contributed by atoms with Crippen LogP contribution in [-0.2, 0) is 0 Å². The summed E-state index contributed by atoms with van der Waals surface area (Å²) in [5.74, 6) is 1.61. The number of hydrogen-bond donors (Lipinski definition) is 1. The van der Waals surface area contributed by atoms with Crippen molar-refractivity contribution in [2.24, 2.45) is 5.92 Å². The second-order valence-corrected chi connectivity index (χ2v) is 8.42. The first-order valence-corrected chi connectivity index (χ1v) is 10.8. The third-order valence-electron chi connectivity index (χ3n) is 5.84. The molecular weight excluding hydrogens is 386 g/mol. The largest absolute Gasteiger partial charge is 0.378 e. The Labute approximate surface area is 183 Å². The standard InChI is InChI=1S/C25H29N5O/c1-18-14-16-30(17-15-18)24-13-12-23(27-28-24)19-4-8-21(9-5-19)26-25(31)20-6-10-22(11-7-20)29(2)3/h4-13,18H,14-17H2,1-3H3,(H,26,31). The molecule has 0 aliphatic carbocycles. The van der Waals surface area contributed by atoms with Crippen LogP contribution in [0.5, 0.6) is 0 Å². The van der Waals surface area contributed by atoms with Gasteiger partial charge in [-0.3, -0.25) is 4.79 Å². The first kappa shape index (κ1) is 20.8. The molecule has 0 radical (unpaired) electrons. The number of amides is 1. The van der Waals surface area contributed by atoms with E-state index in [9.17, 15) is 4.79 Å². The summed E-state index contributed by atoms with van der Waals surface area (Å²) in [5.41, 5.74) is 4.23. The molecule has 0 bridgehead atoms. The molecule has 160 valence electrons. The highest BCUT2D eigenvalue weighted by molar-refractivity contribution is 6.04. The van der Waals surface area contributed by atoms with E-state index in [0.717, 1.165) is 47.5 Å². The highest BCUT2D eigenvalue weighted by Crippen LogP contribution is 2.24. The number of nitrogens with one attached hydrogen (secondary N) is 1. The normalized spacial score (nSPS) is 14.4. The van der Waals surface area contributed by atoms with E-state index in [1.165, 1.54) is 12.8 Å². The smallest absolute Gasteiger partial charge is 0.255 e. The second kappa shape index (κ2) is 9.16. The van der Waals surface area contributed by atoms with E-state index in [1.807, 2.05) is 79.7 Å². The van der Waals surface area contributed by atoms with E-state index in [0.29, 0.717) is 5.56 Å². The molecule has 0 atom stereocenters. The van der Waals surface area contributed by atoms with Crippen LogP contribution in [0.1, 0.15) is 30.1 Å². The van der Waals surface area contributed by atoms with Gasteiger partial charge >= 0.3 is 0 Å². The molecule has 1 fully saturated rings. The Morgan fingerprint density at radius 1 is 0.935 bits per heavy atom. The van der Waals surface area contributed by atoms with Gasteiger partial charge < -0.3 is 15.1 Å². The first-order valence-electron chi connectivity index (χ1n) is 10.8. The Kier molecular flexibility index (Phi) is 6.16. The van der Waals surface area contributed by atoms with Crippen molar-refractivity contribution in [3.8, 4) is 11.3 Å². The van der Waals surface area contributed by atoms with E-state index >= 15 is 0 Å². The van der Waals surface area contributed by atoms with Gasteiger partial charge in [0, 0.05) is 49.7 Å². The van der Waals surface area contributed by atoms with Crippen molar-refractivity contribution in [1.82, 2.24) is 10.2 Å². The van der Waals surface area contributed by atoms with Gasteiger partial charge in [-0.05, 0) is 67.3 Å². The maximum Gasteiger partial charge on any atom is 0.255 e. The molecule has 31 heavy (non-hydrogen) atoms. The van der Waals surface area contributed by atoms with Gasteiger partial charge in [0.1, 0.15) is 0 Å². The van der Waals surface area contributed by atoms with E-state index in [1.54, 1.807) is 0 Å². The minimum atomic E-state index is -0.127. The highest BCUT2D eigenvalue weighted by Gasteiger charge is 2.17. The van der Waals surface area contributed by atoms with E-state index in [-0.39, 0.29) is 5.91 Å². The molecule has 1 aliphatic rings. The summed E-state index contributed by atoms with van der Waals surface area (Å²) in [6.07, 6.45) is 2.41. The molecule has 1 saturated heterocycles. The summed E-state index contributed by atoms with van der Waals surface area (Å²) in [6.45, 7) is 4.39. The van der Waals surface area contributed by atoms with Gasteiger partial charge in [0.25, 0.3) is 5.91 Å². The van der Waals surface area contributed by atoms with Crippen LogP contribution in [0.3, 0.4) is 0 Å². The predicted octanol–water partition coefficient (Wildman–Crippen LogP) is 4.70. The van der Waals surface area contributed by atoms with Gasteiger partial charge in [-0.15, -0.1) is 10.2 Å². The Bertz CT molecular complexity index is 1010. The maximum atomic E-state index is 12.5. The van der Waals surface area contributed by atoms with Crippen LogP contribution >= 0.6 is 0 Å². The number of anilines is 3. The molecule has 6 heteroatoms. The number of piperidine rings is 1. The van der Waals surface area contributed by atoms with Gasteiger partial charge in [-0.1, -0.05) is 19.1 Å². The summed E-state index contributed by atoms with van der Waals surface area (Å²) in [6, 6.07) is 19.3. The van der Waals surface area contributed by atoms with E-state index in [2.05, 4.69) is 27.3 Å². The fourth-order valence-corrected chi connectivity index (χ4v) is 3.72. The monoisotopic (exact) mass is 415 g/mol. The molecule has 0 unspecified atom stereocenters. The number of nitrogens with zero attached hydrogens (tertiary/aromatic N) is 4. The van der Waals surface area contributed by atoms with Gasteiger partial charge in [-0.2, -0.15) is 0 Å². The average molecular weight is 416 g/mol. The predicted molar refractivity (Wildman–Crippen MR) is 127 cm³/mol. The summed E-state index contributed by atoms with van der Waals surface area (Å²) in [5, 5.41) is 11.8. The third-order valence-corrected chi connectivity index (χ3v) is 5.84. The summed E-state index contributed by atoms with van der Waals surface area (Å²) >= 11 is 0. The quantitative estimate of drug-likeness (QED) is 0.655. The Morgan fingerprint density at radius 2 is 1.61 bits per heavy atom. The second-order valence-electron chi connectivity index (χ2n) is 8.42. The Morgan fingerprint density at radius 3 is 2.19 bits per heavy atom. The lowest BCUT2D eigenvalue weighted by atomic mass is 9.99. The van der Waals surface area contributed by atoms with Crippen LogP contribution in [0.15, 0.2) is 60.7 Å². The highest BCUT2D eigenvalue weighted by atomic mass is 16.1. The molecule has 1 aromatic heterocycles. The van der Waals surface area contributed by atoms with Gasteiger partial charge in [0.2, 0.25) is 0 Å². The Hall–Kier alpha value is -3.41. The molecule has 2 heterocycles. The average Bonchev–Trinajstić information content (AvgIpc) is 2.80. The molecule has 0 saturated carbocycles. The van der Waals surface area contributed by atoms with E-state index in [4.69, 9.17) is 0 Å². The minimum Gasteiger partial charge on any atom is -0.378 e. The summed E-state index contributed by atoms with van der Waals surface area (Å²) in [7, 11) is 3.95. The molecular formula is C25H29N5O. The zero-order valence-electron chi connectivity index (χ0n) is 18.4.